The molecule has 5 heteroatoms. The van der Waals surface area contributed by atoms with E-state index in [-0.39, 0.29) is 0 Å². The van der Waals surface area contributed by atoms with Gasteiger partial charge in [-0.2, -0.15) is 0 Å². The van der Waals surface area contributed by atoms with Crippen molar-refractivity contribution in [3.8, 4) is 0 Å². The molecule has 0 aliphatic heterocycles. The first-order chi connectivity index (χ1) is 6.98. The van der Waals surface area contributed by atoms with E-state index in [4.69, 9.17) is 0 Å². The maximum atomic E-state index is 3.77. The van der Waals surface area contributed by atoms with Gasteiger partial charge in [0.1, 0.15) is 0 Å². The Morgan fingerprint density at radius 2 is 1.00 bits per heavy atom. The summed E-state index contributed by atoms with van der Waals surface area (Å²) in [6.07, 6.45) is 0. The van der Waals surface area contributed by atoms with Crippen molar-refractivity contribution in [2.45, 2.75) is 39.3 Å². The zero-order chi connectivity index (χ0) is 12.9. The third-order valence-corrected chi connectivity index (χ3v) is 9.52. The Morgan fingerprint density at radius 1 is 0.750 bits per heavy atom. The van der Waals surface area contributed by atoms with Gasteiger partial charge in [0.15, 0.2) is 0 Å². The summed E-state index contributed by atoms with van der Waals surface area (Å²) in [6, 6.07) is 0. The summed E-state index contributed by atoms with van der Waals surface area (Å²) in [4.78, 5) is 0. The molecule has 0 N–H and O–H groups in total. The topological polar surface area (TPSA) is 4.93 Å². The molecule has 0 aromatic carbocycles. The maximum absolute atomic E-state index is 3.77. The van der Waals surface area contributed by atoms with E-state index in [2.05, 4.69) is 82.8 Å². The van der Waals surface area contributed by atoms with Crippen LogP contribution in [0.25, 0.3) is 0 Å². The standard InChI is InChI=1S/C11H21Br2NSi2/c1-14-10(15(2,3)4)8(12)9(13)11(14)16(5,6)7/h1-7H3. The van der Waals surface area contributed by atoms with Crippen molar-refractivity contribution >= 4 is 58.6 Å². The summed E-state index contributed by atoms with van der Waals surface area (Å²) in [5.74, 6) is 0. The lowest BCUT2D eigenvalue weighted by Crippen LogP contribution is -2.50. The van der Waals surface area contributed by atoms with Crippen LogP contribution < -0.4 is 10.6 Å². The van der Waals surface area contributed by atoms with Gasteiger partial charge in [-0.25, -0.2) is 0 Å². The Morgan fingerprint density at radius 3 is 1.12 bits per heavy atom. The number of hydrogen-bond acceptors (Lipinski definition) is 0. The highest BCUT2D eigenvalue weighted by Gasteiger charge is 2.32. The molecule has 0 fully saturated rings. The molecular formula is C11H21Br2NSi2. The minimum atomic E-state index is -1.30. The molecule has 0 amide bonds. The molecular weight excluding hydrogens is 362 g/mol. The van der Waals surface area contributed by atoms with Crippen LogP contribution in [0.5, 0.6) is 0 Å². The van der Waals surface area contributed by atoms with Gasteiger partial charge in [-0.15, -0.1) is 0 Å². The molecule has 1 heterocycles. The summed E-state index contributed by atoms with van der Waals surface area (Å²) in [7, 11) is -0.388. The number of hydrogen-bond donors (Lipinski definition) is 0. The summed E-state index contributed by atoms with van der Waals surface area (Å²) >= 11 is 7.54. The van der Waals surface area contributed by atoms with Crippen molar-refractivity contribution in [3.63, 3.8) is 0 Å². The summed E-state index contributed by atoms with van der Waals surface area (Å²) < 4.78 is 5.00. The van der Waals surface area contributed by atoms with Crippen molar-refractivity contribution in [1.29, 1.82) is 0 Å². The van der Waals surface area contributed by atoms with Crippen molar-refractivity contribution < 1.29 is 0 Å². The molecule has 0 aliphatic carbocycles. The summed E-state index contributed by atoms with van der Waals surface area (Å²) in [6.45, 7) is 14.4. The molecule has 0 saturated heterocycles. The van der Waals surface area contributed by atoms with Crippen LogP contribution in [0, 0.1) is 0 Å². The minimum absolute atomic E-state index is 1.28. The average molecular weight is 383 g/mol. The predicted octanol–water partition coefficient (Wildman–Crippen LogP) is 3.64. The first-order valence-corrected chi connectivity index (χ1v) is 14.1. The molecule has 0 radical (unpaired) electrons. The molecule has 0 spiro atoms. The molecule has 0 atom stereocenters. The van der Waals surface area contributed by atoms with Gasteiger partial charge in [-0.3, -0.25) is 0 Å². The molecule has 92 valence electrons. The van der Waals surface area contributed by atoms with Crippen LogP contribution in [0.2, 0.25) is 39.3 Å². The normalized spacial score (nSPS) is 13.3. The highest BCUT2D eigenvalue weighted by atomic mass is 79.9. The number of aromatic nitrogens is 1. The van der Waals surface area contributed by atoms with Crippen molar-refractivity contribution in [1.82, 2.24) is 4.57 Å². The Bertz CT molecular complexity index is 374. The van der Waals surface area contributed by atoms with Gasteiger partial charge < -0.3 is 4.57 Å². The van der Waals surface area contributed by atoms with Crippen LogP contribution in [0.4, 0.5) is 0 Å². The SMILES string of the molecule is Cn1c([Si](C)(C)C)c(Br)c(Br)c1[Si](C)(C)C. The van der Waals surface area contributed by atoms with Crippen molar-refractivity contribution in [2.75, 3.05) is 0 Å². The van der Waals surface area contributed by atoms with Crippen LogP contribution in [-0.2, 0) is 7.05 Å². The quantitative estimate of drug-likeness (QED) is 0.688. The van der Waals surface area contributed by atoms with Gasteiger partial charge in [0.2, 0.25) is 0 Å². The van der Waals surface area contributed by atoms with E-state index in [1.807, 2.05) is 0 Å². The second-order valence-corrected chi connectivity index (χ2v) is 17.9. The van der Waals surface area contributed by atoms with Crippen LogP contribution in [0.3, 0.4) is 0 Å². The lowest BCUT2D eigenvalue weighted by molar-refractivity contribution is 0.975. The van der Waals surface area contributed by atoms with Crippen molar-refractivity contribution in [3.05, 3.63) is 8.95 Å². The van der Waals surface area contributed by atoms with Gasteiger partial charge in [0, 0.05) is 26.6 Å². The zero-order valence-corrected chi connectivity index (χ0v) is 16.4. The van der Waals surface area contributed by atoms with Gasteiger partial charge >= 0.3 is 0 Å². The fraction of sp³-hybridized carbons (Fsp3) is 0.636. The molecule has 0 aliphatic rings. The smallest absolute Gasteiger partial charge is 0.0999 e. The Labute approximate surface area is 118 Å². The fourth-order valence-electron chi connectivity index (χ4n) is 2.28. The highest BCUT2D eigenvalue weighted by Crippen LogP contribution is 2.25. The third kappa shape index (κ3) is 2.57. The Kier molecular flexibility index (Phi) is 4.06. The maximum Gasteiger partial charge on any atom is 0.0999 e. The van der Waals surface area contributed by atoms with E-state index in [0.717, 1.165) is 0 Å². The molecule has 1 aromatic rings. The average Bonchev–Trinajstić information content (AvgIpc) is 2.19. The van der Waals surface area contributed by atoms with Gasteiger partial charge in [0.05, 0.1) is 16.1 Å². The van der Waals surface area contributed by atoms with Crippen LogP contribution in [-0.4, -0.2) is 20.7 Å². The van der Waals surface area contributed by atoms with E-state index >= 15 is 0 Å². The number of rotatable bonds is 2. The van der Waals surface area contributed by atoms with E-state index in [9.17, 15) is 0 Å². The molecule has 1 aromatic heterocycles. The first-order valence-electron chi connectivity index (χ1n) is 5.52. The third-order valence-electron chi connectivity index (χ3n) is 2.70. The molecule has 16 heavy (non-hydrogen) atoms. The molecule has 0 bridgehead atoms. The van der Waals surface area contributed by atoms with Crippen molar-refractivity contribution in [2.24, 2.45) is 7.05 Å². The fourth-order valence-corrected chi connectivity index (χ4v) is 11.0. The lowest BCUT2D eigenvalue weighted by Gasteiger charge is -2.23. The molecule has 1 nitrogen and oxygen atoms in total. The summed E-state index contributed by atoms with van der Waals surface area (Å²) in [5.41, 5.74) is 0. The second-order valence-electron chi connectivity index (χ2n) is 6.38. The van der Waals surface area contributed by atoms with Gasteiger partial charge in [-0.1, -0.05) is 39.3 Å². The zero-order valence-electron chi connectivity index (χ0n) is 11.2. The molecule has 0 unspecified atom stereocenters. The van der Waals surface area contributed by atoms with Gasteiger partial charge in [-0.05, 0) is 31.9 Å². The first kappa shape index (κ1) is 14.7. The number of halogens is 2. The molecule has 0 saturated carbocycles. The highest BCUT2D eigenvalue weighted by molar-refractivity contribution is 9.13. The Balaban J connectivity index is 3.59. The second kappa shape index (κ2) is 4.41. The molecule has 1 rings (SSSR count). The van der Waals surface area contributed by atoms with Crippen LogP contribution >= 0.6 is 31.9 Å². The van der Waals surface area contributed by atoms with Crippen LogP contribution in [0.15, 0.2) is 8.95 Å². The van der Waals surface area contributed by atoms with E-state index in [0.29, 0.717) is 0 Å². The predicted molar refractivity (Wildman–Crippen MR) is 86.8 cm³/mol. The van der Waals surface area contributed by atoms with E-state index in [1.54, 1.807) is 0 Å². The van der Waals surface area contributed by atoms with Gasteiger partial charge in [0.25, 0.3) is 0 Å². The Hall–Kier alpha value is 0.674. The van der Waals surface area contributed by atoms with Crippen LogP contribution in [0.1, 0.15) is 0 Å². The van der Waals surface area contributed by atoms with E-state index < -0.39 is 16.1 Å². The summed E-state index contributed by atoms with van der Waals surface area (Å²) in [5, 5.41) is 3.02. The number of nitrogens with zero attached hydrogens (tertiary/aromatic N) is 1. The largest absolute Gasteiger partial charge is 0.357 e. The minimum Gasteiger partial charge on any atom is -0.357 e. The lowest BCUT2D eigenvalue weighted by atomic mass is 10.7. The van der Waals surface area contributed by atoms with E-state index in [1.165, 1.54) is 19.6 Å². The monoisotopic (exact) mass is 381 g/mol.